The van der Waals surface area contributed by atoms with Crippen molar-refractivity contribution in [1.29, 1.82) is 0 Å². The fraction of sp³-hybridized carbons (Fsp3) is 0.400. The Morgan fingerprint density at radius 2 is 1.60 bits per heavy atom. The van der Waals surface area contributed by atoms with Gasteiger partial charge >= 0.3 is 0 Å². The van der Waals surface area contributed by atoms with Crippen molar-refractivity contribution in [3.8, 4) is 17.2 Å². The monoisotopic (exact) mass is 341 g/mol. The van der Waals surface area contributed by atoms with Crippen LogP contribution in [0.4, 0.5) is 11.4 Å². The van der Waals surface area contributed by atoms with E-state index < -0.39 is 0 Å². The Morgan fingerprint density at radius 1 is 0.840 bits per heavy atom. The van der Waals surface area contributed by atoms with Crippen molar-refractivity contribution >= 4 is 11.4 Å². The molecular formula is C20H27N3O2. The second kappa shape index (κ2) is 8.62. The first-order chi connectivity index (χ1) is 12.2. The highest BCUT2D eigenvalue weighted by Gasteiger charge is 2.09. The van der Waals surface area contributed by atoms with Crippen molar-refractivity contribution in [3.63, 3.8) is 0 Å². The summed E-state index contributed by atoms with van der Waals surface area (Å²) < 4.78 is 11.7. The first-order valence-electron chi connectivity index (χ1n) is 8.99. The third-order valence-electron chi connectivity index (χ3n) is 4.44. The van der Waals surface area contributed by atoms with Gasteiger partial charge in [0.25, 0.3) is 0 Å². The Hall–Kier alpha value is -2.40. The van der Waals surface area contributed by atoms with Crippen molar-refractivity contribution in [2.24, 2.45) is 0 Å². The molecule has 0 amide bonds. The highest BCUT2D eigenvalue weighted by atomic mass is 16.5. The number of likely N-dealkylation sites (tertiary alicyclic amines) is 1. The summed E-state index contributed by atoms with van der Waals surface area (Å²) in [5.41, 5.74) is 12.6. The second-order valence-corrected chi connectivity index (χ2v) is 6.47. The molecule has 0 radical (unpaired) electrons. The summed E-state index contributed by atoms with van der Waals surface area (Å²) in [7, 11) is 0. The summed E-state index contributed by atoms with van der Waals surface area (Å²) in [4.78, 5) is 2.53. The molecule has 0 saturated carbocycles. The quantitative estimate of drug-likeness (QED) is 0.590. The molecule has 0 atom stereocenters. The summed E-state index contributed by atoms with van der Waals surface area (Å²) >= 11 is 0. The van der Waals surface area contributed by atoms with E-state index >= 15 is 0 Å². The number of anilines is 2. The fourth-order valence-electron chi connectivity index (χ4n) is 3.04. The van der Waals surface area contributed by atoms with E-state index in [9.17, 15) is 0 Å². The first-order valence-corrected chi connectivity index (χ1v) is 8.99. The number of nitrogens with zero attached hydrogens (tertiary/aromatic N) is 1. The lowest BCUT2D eigenvalue weighted by molar-refractivity contribution is 0.205. The maximum atomic E-state index is 5.87. The van der Waals surface area contributed by atoms with E-state index in [2.05, 4.69) is 4.90 Å². The zero-order valence-electron chi connectivity index (χ0n) is 14.6. The number of hydrogen-bond acceptors (Lipinski definition) is 5. The number of nitrogens with two attached hydrogens (primary N) is 2. The molecule has 5 heteroatoms. The lowest BCUT2D eigenvalue weighted by atomic mass is 10.1. The van der Waals surface area contributed by atoms with Crippen molar-refractivity contribution in [1.82, 2.24) is 4.90 Å². The Balaban J connectivity index is 1.48. The molecule has 5 nitrogen and oxygen atoms in total. The van der Waals surface area contributed by atoms with Gasteiger partial charge in [-0.05, 0) is 56.6 Å². The van der Waals surface area contributed by atoms with E-state index in [1.807, 2.05) is 24.3 Å². The van der Waals surface area contributed by atoms with Gasteiger partial charge in [-0.15, -0.1) is 0 Å². The molecular weight excluding hydrogens is 314 g/mol. The highest BCUT2D eigenvalue weighted by molar-refractivity contribution is 5.65. The van der Waals surface area contributed by atoms with E-state index in [1.165, 1.54) is 32.4 Å². The van der Waals surface area contributed by atoms with Crippen LogP contribution in [0.2, 0.25) is 0 Å². The molecule has 3 rings (SSSR count). The maximum Gasteiger partial charge on any atom is 0.131 e. The van der Waals surface area contributed by atoms with Crippen LogP contribution in [0, 0.1) is 0 Å². The molecule has 0 unspecified atom stereocenters. The molecule has 134 valence electrons. The van der Waals surface area contributed by atoms with Crippen LogP contribution in [0.1, 0.15) is 25.7 Å². The van der Waals surface area contributed by atoms with E-state index in [1.54, 1.807) is 18.2 Å². The predicted molar refractivity (Wildman–Crippen MR) is 102 cm³/mol. The molecule has 1 saturated heterocycles. The van der Waals surface area contributed by atoms with Gasteiger partial charge in [0.15, 0.2) is 0 Å². The minimum Gasteiger partial charge on any atom is -0.493 e. The topological polar surface area (TPSA) is 73.7 Å². The predicted octanol–water partition coefficient (Wildman–Crippen LogP) is 3.90. The Bertz CT molecular complexity index is 684. The largest absolute Gasteiger partial charge is 0.493 e. The summed E-state index contributed by atoms with van der Waals surface area (Å²) in [6.45, 7) is 4.29. The van der Waals surface area contributed by atoms with Gasteiger partial charge in [-0.1, -0.05) is 12.5 Å². The number of nitrogen functional groups attached to an aromatic ring is 2. The Kier molecular flexibility index (Phi) is 6.01. The molecule has 25 heavy (non-hydrogen) atoms. The smallest absolute Gasteiger partial charge is 0.131 e. The normalized spacial score (nSPS) is 15.0. The SMILES string of the molecule is Nc1ccc(Oc2cccc(OCCCN3CCCCC3)c2)cc1N. The Labute approximate surface area is 149 Å². The minimum atomic E-state index is 0.516. The van der Waals surface area contributed by atoms with Crippen LogP contribution < -0.4 is 20.9 Å². The number of hydrogen-bond donors (Lipinski definition) is 2. The summed E-state index contributed by atoms with van der Waals surface area (Å²) in [5, 5.41) is 0. The lowest BCUT2D eigenvalue weighted by Gasteiger charge is -2.26. The fourth-order valence-corrected chi connectivity index (χ4v) is 3.04. The van der Waals surface area contributed by atoms with Crippen LogP contribution >= 0.6 is 0 Å². The molecule has 0 aliphatic carbocycles. The molecule has 1 aliphatic heterocycles. The van der Waals surface area contributed by atoms with Crippen LogP contribution in [-0.4, -0.2) is 31.1 Å². The lowest BCUT2D eigenvalue weighted by Crippen LogP contribution is -2.31. The first kappa shape index (κ1) is 17.4. The second-order valence-electron chi connectivity index (χ2n) is 6.47. The molecule has 2 aromatic rings. The molecule has 1 aliphatic rings. The van der Waals surface area contributed by atoms with Crippen LogP contribution in [0.3, 0.4) is 0 Å². The third-order valence-corrected chi connectivity index (χ3v) is 4.44. The van der Waals surface area contributed by atoms with Crippen molar-refractivity contribution in [2.45, 2.75) is 25.7 Å². The average molecular weight is 341 g/mol. The molecule has 0 bridgehead atoms. The van der Waals surface area contributed by atoms with Gasteiger partial charge in [0.05, 0.1) is 18.0 Å². The molecule has 1 heterocycles. The number of rotatable bonds is 7. The van der Waals surface area contributed by atoms with Gasteiger partial charge < -0.3 is 25.8 Å². The molecule has 4 N–H and O–H groups in total. The third kappa shape index (κ3) is 5.29. The minimum absolute atomic E-state index is 0.516. The van der Waals surface area contributed by atoms with Gasteiger partial charge in [-0.2, -0.15) is 0 Å². The zero-order chi connectivity index (χ0) is 17.5. The van der Waals surface area contributed by atoms with Crippen molar-refractivity contribution in [2.75, 3.05) is 37.7 Å². The number of ether oxygens (including phenoxy) is 2. The summed E-state index contributed by atoms with van der Waals surface area (Å²) in [6, 6.07) is 12.9. The van der Waals surface area contributed by atoms with E-state index in [4.69, 9.17) is 20.9 Å². The molecule has 0 aromatic heterocycles. The highest BCUT2D eigenvalue weighted by Crippen LogP contribution is 2.28. The zero-order valence-corrected chi connectivity index (χ0v) is 14.6. The van der Waals surface area contributed by atoms with Gasteiger partial charge in [-0.3, -0.25) is 0 Å². The van der Waals surface area contributed by atoms with Gasteiger partial charge in [0.2, 0.25) is 0 Å². The standard InChI is InChI=1S/C20H27N3O2/c21-19-9-8-18(15-20(19)22)25-17-7-4-6-16(14-17)24-13-5-12-23-10-2-1-3-11-23/h4,6-9,14-15H,1-3,5,10-13,21-22H2. The van der Waals surface area contributed by atoms with Crippen LogP contribution in [-0.2, 0) is 0 Å². The van der Waals surface area contributed by atoms with Gasteiger partial charge in [0, 0.05) is 18.7 Å². The van der Waals surface area contributed by atoms with Gasteiger partial charge in [0.1, 0.15) is 17.2 Å². The Morgan fingerprint density at radius 3 is 2.40 bits per heavy atom. The van der Waals surface area contributed by atoms with Crippen molar-refractivity contribution in [3.05, 3.63) is 42.5 Å². The average Bonchev–Trinajstić information content (AvgIpc) is 2.63. The summed E-state index contributed by atoms with van der Waals surface area (Å²) in [5.74, 6) is 2.20. The van der Waals surface area contributed by atoms with Crippen LogP contribution in [0.15, 0.2) is 42.5 Å². The van der Waals surface area contributed by atoms with Crippen LogP contribution in [0.25, 0.3) is 0 Å². The van der Waals surface area contributed by atoms with Crippen molar-refractivity contribution < 1.29 is 9.47 Å². The molecule has 0 spiro atoms. The molecule has 2 aromatic carbocycles. The van der Waals surface area contributed by atoms with E-state index in [0.717, 1.165) is 31.1 Å². The summed E-state index contributed by atoms with van der Waals surface area (Å²) in [6.07, 6.45) is 5.07. The maximum absolute atomic E-state index is 5.87. The van der Waals surface area contributed by atoms with E-state index in [-0.39, 0.29) is 0 Å². The number of benzene rings is 2. The van der Waals surface area contributed by atoms with Crippen LogP contribution in [0.5, 0.6) is 17.2 Å². The van der Waals surface area contributed by atoms with Gasteiger partial charge in [-0.25, -0.2) is 0 Å². The number of piperidine rings is 1. The molecule has 1 fully saturated rings. The van der Waals surface area contributed by atoms with E-state index in [0.29, 0.717) is 17.1 Å².